The Labute approximate surface area is 152 Å². The van der Waals surface area contributed by atoms with Crippen LogP contribution in [0.1, 0.15) is 54.4 Å². The number of ketones is 1. The maximum absolute atomic E-state index is 12.6. The van der Waals surface area contributed by atoms with E-state index in [2.05, 4.69) is 4.99 Å². The molecule has 0 aliphatic rings. The second-order valence-electron chi connectivity index (χ2n) is 7.69. The third-order valence-electron chi connectivity index (χ3n) is 4.89. The van der Waals surface area contributed by atoms with Gasteiger partial charge in [0.2, 0.25) is 0 Å². The van der Waals surface area contributed by atoms with Crippen molar-refractivity contribution in [2.75, 3.05) is 20.2 Å². The first-order valence-corrected chi connectivity index (χ1v) is 8.99. The minimum atomic E-state index is -1.11. The Bertz CT molecular complexity index is 469. The van der Waals surface area contributed by atoms with Gasteiger partial charge in [0.25, 0.3) is 0 Å². The molecule has 0 radical (unpaired) electrons. The van der Waals surface area contributed by atoms with Crippen molar-refractivity contribution < 1.29 is 19.4 Å². The van der Waals surface area contributed by atoms with Crippen molar-refractivity contribution >= 4 is 17.5 Å². The van der Waals surface area contributed by atoms with E-state index >= 15 is 0 Å². The van der Waals surface area contributed by atoms with Gasteiger partial charge >= 0.3 is 5.97 Å². The van der Waals surface area contributed by atoms with Crippen LogP contribution in [-0.2, 0) is 14.3 Å². The summed E-state index contributed by atoms with van der Waals surface area (Å²) < 4.78 is 5.05. The van der Waals surface area contributed by atoms with Crippen LogP contribution in [0.15, 0.2) is 4.99 Å². The van der Waals surface area contributed by atoms with E-state index < -0.39 is 17.5 Å². The first kappa shape index (κ1) is 23.7. The van der Waals surface area contributed by atoms with Crippen molar-refractivity contribution in [3.63, 3.8) is 0 Å². The number of aliphatic imine (C=N–C) groups is 1. The largest absolute Gasteiger partial charge is 0.462 e. The lowest BCUT2D eigenvalue weighted by molar-refractivity contribution is -0.157. The minimum Gasteiger partial charge on any atom is -0.462 e. The Kier molecular flexibility index (Phi) is 10.1. The molecular formula is C19H36N2O4. The van der Waals surface area contributed by atoms with E-state index in [-0.39, 0.29) is 30.1 Å². The minimum absolute atomic E-state index is 0.0617. The van der Waals surface area contributed by atoms with Gasteiger partial charge in [-0.05, 0) is 58.9 Å². The summed E-state index contributed by atoms with van der Waals surface area (Å²) in [5.41, 5.74) is 5.85. The van der Waals surface area contributed by atoms with Crippen LogP contribution in [0.5, 0.6) is 0 Å². The number of hydrogen-bond acceptors (Lipinski definition) is 6. The quantitative estimate of drug-likeness (QED) is 0.336. The molecule has 0 spiro atoms. The van der Waals surface area contributed by atoms with Gasteiger partial charge in [0.1, 0.15) is 18.3 Å². The number of esters is 1. The fraction of sp³-hybridized carbons (Fsp3) is 0.842. The fourth-order valence-corrected chi connectivity index (χ4v) is 2.65. The van der Waals surface area contributed by atoms with E-state index in [0.29, 0.717) is 6.54 Å². The molecule has 0 aliphatic heterocycles. The van der Waals surface area contributed by atoms with Crippen LogP contribution in [0.4, 0.5) is 0 Å². The highest BCUT2D eigenvalue weighted by molar-refractivity contribution is 5.99. The molecule has 3 N–H and O–H groups in total. The average molecular weight is 357 g/mol. The zero-order chi connectivity index (χ0) is 19.8. The topological polar surface area (TPSA) is 102 Å². The molecule has 0 aromatic heterocycles. The summed E-state index contributed by atoms with van der Waals surface area (Å²) in [4.78, 5) is 28.8. The number of nitrogens with zero attached hydrogens (tertiary/aromatic N) is 1. The predicted octanol–water partition coefficient (Wildman–Crippen LogP) is 2.22. The molecule has 1 unspecified atom stereocenters. The number of Topliss-reactive ketones (excluding diaryl/α,β-unsaturated/α-hetero) is 1. The summed E-state index contributed by atoms with van der Waals surface area (Å²) in [7, 11) is 1.77. The Morgan fingerprint density at radius 3 is 2.24 bits per heavy atom. The molecule has 4 atom stereocenters. The molecule has 25 heavy (non-hydrogen) atoms. The summed E-state index contributed by atoms with van der Waals surface area (Å²) in [5.74, 6) is -1.63. The smallest absolute Gasteiger partial charge is 0.316 e. The van der Waals surface area contributed by atoms with Gasteiger partial charge in [-0.3, -0.25) is 14.6 Å². The lowest BCUT2D eigenvalue weighted by atomic mass is 9.77. The Morgan fingerprint density at radius 1 is 1.24 bits per heavy atom. The zero-order valence-electron chi connectivity index (χ0n) is 16.8. The maximum atomic E-state index is 12.6. The van der Waals surface area contributed by atoms with Crippen LogP contribution >= 0.6 is 0 Å². The van der Waals surface area contributed by atoms with Crippen molar-refractivity contribution in [3.8, 4) is 0 Å². The van der Waals surface area contributed by atoms with Crippen LogP contribution in [0, 0.1) is 23.7 Å². The van der Waals surface area contributed by atoms with Crippen molar-refractivity contribution in [1.29, 1.82) is 0 Å². The molecule has 0 amide bonds. The van der Waals surface area contributed by atoms with E-state index in [9.17, 15) is 14.7 Å². The molecule has 0 aromatic carbocycles. The number of rotatable bonds is 11. The SMILES string of the molecule is CN=C(C)CC[C@H](CN)[C@H](C)[C@@H](C)C(=O)C(C)C(=O)OCC(C)(C)O. The van der Waals surface area contributed by atoms with Gasteiger partial charge in [-0.1, -0.05) is 13.8 Å². The van der Waals surface area contributed by atoms with Crippen LogP contribution in [-0.4, -0.2) is 48.4 Å². The number of ether oxygens (including phenoxy) is 1. The van der Waals surface area contributed by atoms with Crippen molar-refractivity contribution in [2.24, 2.45) is 34.4 Å². The third kappa shape index (κ3) is 8.59. The van der Waals surface area contributed by atoms with E-state index in [1.807, 2.05) is 20.8 Å². The molecular weight excluding hydrogens is 320 g/mol. The first-order valence-electron chi connectivity index (χ1n) is 8.99. The Balaban J connectivity index is 4.79. The van der Waals surface area contributed by atoms with E-state index in [1.54, 1.807) is 27.8 Å². The monoisotopic (exact) mass is 356 g/mol. The molecule has 0 heterocycles. The summed E-state index contributed by atoms with van der Waals surface area (Å²) in [6.45, 7) is 10.8. The van der Waals surface area contributed by atoms with Crippen LogP contribution in [0.25, 0.3) is 0 Å². The molecule has 6 nitrogen and oxygen atoms in total. The summed E-state index contributed by atoms with van der Waals surface area (Å²) in [6.07, 6.45) is 1.72. The van der Waals surface area contributed by atoms with E-state index in [1.165, 1.54) is 0 Å². The van der Waals surface area contributed by atoms with Gasteiger partial charge in [0.05, 0.1) is 5.60 Å². The molecule has 146 valence electrons. The summed E-state index contributed by atoms with van der Waals surface area (Å²) >= 11 is 0. The first-order chi connectivity index (χ1) is 11.4. The molecule has 0 aromatic rings. The Morgan fingerprint density at radius 2 is 1.80 bits per heavy atom. The molecule has 0 rings (SSSR count). The van der Waals surface area contributed by atoms with Gasteiger partial charge < -0.3 is 15.6 Å². The summed E-state index contributed by atoms with van der Waals surface area (Å²) in [5, 5.41) is 9.63. The van der Waals surface area contributed by atoms with Gasteiger partial charge in [0.15, 0.2) is 0 Å². The second kappa shape index (κ2) is 10.7. The van der Waals surface area contributed by atoms with E-state index in [0.717, 1.165) is 18.6 Å². The zero-order valence-corrected chi connectivity index (χ0v) is 16.8. The van der Waals surface area contributed by atoms with Crippen LogP contribution in [0.2, 0.25) is 0 Å². The molecule has 6 heteroatoms. The maximum Gasteiger partial charge on any atom is 0.316 e. The van der Waals surface area contributed by atoms with Crippen molar-refractivity contribution in [3.05, 3.63) is 0 Å². The molecule has 0 fully saturated rings. The van der Waals surface area contributed by atoms with Gasteiger partial charge in [0, 0.05) is 18.7 Å². The molecule has 0 saturated heterocycles. The van der Waals surface area contributed by atoms with Crippen LogP contribution < -0.4 is 5.73 Å². The molecule has 0 bridgehead atoms. The lowest BCUT2D eigenvalue weighted by Gasteiger charge is -2.28. The third-order valence-corrected chi connectivity index (χ3v) is 4.89. The van der Waals surface area contributed by atoms with Crippen molar-refractivity contribution in [2.45, 2.75) is 60.0 Å². The summed E-state index contributed by atoms with van der Waals surface area (Å²) in [6, 6.07) is 0. The van der Waals surface area contributed by atoms with Gasteiger partial charge in [-0.2, -0.15) is 0 Å². The average Bonchev–Trinajstić information content (AvgIpc) is 2.56. The van der Waals surface area contributed by atoms with E-state index in [4.69, 9.17) is 10.5 Å². The fourth-order valence-electron chi connectivity index (χ4n) is 2.65. The van der Waals surface area contributed by atoms with Gasteiger partial charge in [-0.15, -0.1) is 0 Å². The number of aliphatic hydroxyl groups is 1. The molecule has 0 saturated carbocycles. The number of nitrogens with two attached hydrogens (primary N) is 1. The normalized spacial score (nSPS) is 17.6. The highest BCUT2D eigenvalue weighted by Crippen LogP contribution is 2.27. The number of carbonyl (C=O) groups excluding carboxylic acids is 2. The highest BCUT2D eigenvalue weighted by Gasteiger charge is 2.33. The molecule has 0 aliphatic carbocycles. The predicted molar refractivity (Wildman–Crippen MR) is 101 cm³/mol. The van der Waals surface area contributed by atoms with Crippen molar-refractivity contribution in [1.82, 2.24) is 0 Å². The number of hydrogen-bond donors (Lipinski definition) is 2. The highest BCUT2D eigenvalue weighted by atomic mass is 16.5. The second-order valence-corrected chi connectivity index (χ2v) is 7.69. The van der Waals surface area contributed by atoms with Crippen LogP contribution in [0.3, 0.4) is 0 Å². The number of carbonyl (C=O) groups is 2. The lowest BCUT2D eigenvalue weighted by Crippen LogP contribution is -2.37. The Hall–Kier alpha value is -1.27. The standard InChI is InChI=1S/C19H36N2O4/c1-12(21-7)8-9-16(10-20)13(2)14(3)17(22)15(4)18(23)25-11-19(5,6)24/h13-16,24H,8-11,20H2,1-7H3/t13-,14-,15?,16-/m1/s1. The van der Waals surface area contributed by atoms with Gasteiger partial charge in [-0.25, -0.2) is 0 Å².